The Labute approximate surface area is 71.0 Å². The molecule has 0 N–H and O–H groups in total. The molecule has 0 aromatic carbocycles. The van der Waals surface area contributed by atoms with E-state index in [1.54, 1.807) is 0 Å². The fourth-order valence-corrected chi connectivity index (χ4v) is 0.984. The smallest absolute Gasteiger partial charge is 0.0316 e. The normalized spacial score (nSPS) is 10.7. The summed E-state index contributed by atoms with van der Waals surface area (Å²) in [6.07, 6.45) is 10.3. The molecule has 0 heterocycles. The molecule has 0 nitrogen and oxygen atoms in total. The minimum atomic E-state index is 1.18. The molecule has 0 aromatic heterocycles. The maximum atomic E-state index is 3.87. The summed E-state index contributed by atoms with van der Waals surface area (Å²) < 4.78 is 0. The molecule has 0 aliphatic heterocycles. The van der Waals surface area contributed by atoms with Gasteiger partial charge < -0.3 is 0 Å². The highest BCUT2D eigenvalue weighted by molar-refractivity contribution is 4.87. The number of hydrogen-bond acceptors (Lipinski definition) is 0. The monoisotopic (exact) mass is 151 g/mol. The molecule has 0 aliphatic rings. The average Bonchev–Trinajstić information content (AvgIpc) is 1.96. The predicted octanol–water partition coefficient (Wildman–Crippen LogP) is 3.90. The Morgan fingerprint density at radius 3 is 2.55 bits per heavy atom. The quantitative estimate of drug-likeness (QED) is 0.399. The second-order valence-electron chi connectivity index (χ2n) is 3.03. The van der Waals surface area contributed by atoms with Gasteiger partial charge in [-0.1, -0.05) is 24.1 Å². The zero-order valence-corrected chi connectivity index (χ0v) is 7.60. The van der Waals surface area contributed by atoms with Crippen molar-refractivity contribution >= 4 is 0 Å². The van der Waals surface area contributed by atoms with Gasteiger partial charge >= 0.3 is 0 Å². The van der Waals surface area contributed by atoms with Crippen molar-refractivity contribution in [3.05, 3.63) is 31.2 Å². The van der Waals surface area contributed by atoms with Crippen LogP contribution in [0.25, 0.3) is 0 Å². The number of rotatable bonds is 6. The summed E-state index contributed by atoms with van der Waals surface area (Å²) in [5.74, 6) is 0. The van der Waals surface area contributed by atoms with E-state index < -0.39 is 0 Å². The molecule has 0 unspecified atom stereocenters. The van der Waals surface area contributed by atoms with E-state index >= 15 is 0 Å². The van der Waals surface area contributed by atoms with Gasteiger partial charge in [0.15, 0.2) is 0 Å². The second-order valence-corrected chi connectivity index (χ2v) is 3.03. The SMILES string of the molecule is [CH2]C=CCCCCCC(=C)C. The molecule has 0 bridgehead atoms. The summed E-state index contributed by atoms with van der Waals surface area (Å²) in [6, 6.07) is 0. The first-order valence-corrected chi connectivity index (χ1v) is 4.36. The second kappa shape index (κ2) is 7.59. The Morgan fingerprint density at radius 2 is 2.00 bits per heavy atom. The summed E-state index contributed by atoms with van der Waals surface area (Å²) in [7, 11) is 0. The van der Waals surface area contributed by atoms with Gasteiger partial charge in [0.25, 0.3) is 0 Å². The van der Waals surface area contributed by atoms with Crippen LogP contribution < -0.4 is 0 Å². The molecule has 0 heteroatoms. The van der Waals surface area contributed by atoms with Crippen molar-refractivity contribution in [1.82, 2.24) is 0 Å². The fraction of sp³-hybridized carbons (Fsp3) is 0.545. The summed E-state index contributed by atoms with van der Waals surface area (Å²) in [5.41, 5.74) is 1.30. The van der Waals surface area contributed by atoms with Crippen molar-refractivity contribution in [3.8, 4) is 0 Å². The molecule has 0 saturated heterocycles. The van der Waals surface area contributed by atoms with Gasteiger partial charge in [0.05, 0.1) is 0 Å². The van der Waals surface area contributed by atoms with Crippen molar-refractivity contribution in [2.75, 3.05) is 0 Å². The van der Waals surface area contributed by atoms with Gasteiger partial charge in [-0.25, -0.2) is 0 Å². The van der Waals surface area contributed by atoms with E-state index in [1.807, 2.05) is 6.08 Å². The standard InChI is InChI=1S/C11H19/c1-4-5-6-7-8-9-10-11(2)3/h4-5H,1-2,6-10H2,3H3. The molecule has 0 spiro atoms. The Balaban J connectivity index is 2.96. The van der Waals surface area contributed by atoms with Crippen LogP contribution in [0.1, 0.15) is 39.0 Å². The lowest BCUT2D eigenvalue weighted by atomic mass is 10.1. The maximum absolute atomic E-state index is 3.87. The molecule has 0 aliphatic carbocycles. The average molecular weight is 151 g/mol. The molecule has 0 amide bonds. The minimum absolute atomic E-state index is 1.18. The van der Waals surface area contributed by atoms with Crippen LogP contribution in [0, 0.1) is 6.92 Å². The molecule has 0 saturated carbocycles. The largest absolute Gasteiger partial charge is 0.100 e. The van der Waals surface area contributed by atoms with Gasteiger partial charge in [0, 0.05) is 0 Å². The van der Waals surface area contributed by atoms with Crippen LogP contribution in [0.3, 0.4) is 0 Å². The molecular weight excluding hydrogens is 132 g/mol. The van der Waals surface area contributed by atoms with Crippen molar-refractivity contribution in [1.29, 1.82) is 0 Å². The molecular formula is C11H19. The summed E-state index contributed by atoms with van der Waals surface area (Å²) in [4.78, 5) is 0. The first-order chi connectivity index (χ1) is 5.27. The van der Waals surface area contributed by atoms with Crippen LogP contribution in [0.5, 0.6) is 0 Å². The Morgan fingerprint density at radius 1 is 1.27 bits per heavy atom. The minimum Gasteiger partial charge on any atom is -0.100 e. The predicted molar refractivity (Wildman–Crippen MR) is 52.4 cm³/mol. The lowest BCUT2D eigenvalue weighted by Crippen LogP contribution is -1.77. The van der Waals surface area contributed by atoms with E-state index in [0.717, 1.165) is 0 Å². The van der Waals surface area contributed by atoms with Gasteiger partial charge in [-0.15, -0.1) is 6.58 Å². The zero-order valence-electron chi connectivity index (χ0n) is 7.60. The van der Waals surface area contributed by atoms with Gasteiger partial charge in [0.1, 0.15) is 0 Å². The third-order valence-electron chi connectivity index (χ3n) is 1.64. The van der Waals surface area contributed by atoms with Crippen LogP contribution in [0.4, 0.5) is 0 Å². The van der Waals surface area contributed by atoms with E-state index in [4.69, 9.17) is 0 Å². The van der Waals surface area contributed by atoms with Gasteiger partial charge in [-0.3, -0.25) is 0 Å². The van der Waals surface area contributed by atoms with Gasteiger partial charge in [-0.2, -0.15) is 0 Å². The van der Waals surface area contributed by atoms with Crippen molar-refractivity contribution in [3.63, 3.8) is 0 Å². The number of hydrogen-bond donors (Lipinski definition) is 0. The van der Waals surface area contributed by atoms with Crippen molar-refractivity contribution in [2.24, 2.45) is 0 Å². The number of unbranched alkanes of at least 4 members (excludes halogenated alkanes) is 3. The Kier molecular flexibility index (Phi) is 7.23. The van der Waals surface area contributed by atoms with E-state index in [9.17, 15) is 0 Å². The first kappa shape index (κ1) is 10.5. The van der Waals surface area contributed by atoms with E-state index in [-0.39, 0.29) is 0 Å². The molecule has 1 radical (unpaired) electrons. The molecule has 0 aromatic rings. The number of allylic oxidation sites excluding steroid dienone is 3. The zero-order chi connectivity index (χ0) is 8.53. The Hall–Kier alpha value is -0.520. The third-order valence-corrected chi connectivity index (χ3v) is 1.64. The fourth-order valence-electron chi connectivity index (χ4n) is 0.984. The molecule has 0 atom stereocenters. The molecule has 0 rings (SSSR count). The lowest BCUT2D eigenvalue weighted by molar-refractivity contribution is 0.684. The highest BCUT2D eigenvalue weighted by atomic mass is 13.9. The first-order valence-electron chi connectivity index (χ1n) is 4.36. The van der Waals surface area contributed by atoms with E-state index in [2.05, 4.69) is 26.5 Å². The van der Waals surface area contributed by atoms with E-state index in [0.29, 0.717) is 0 Å². The molecule has 11 heavy (non-hydrogen) atoms. The molecule has 0 fully saturated rings. The van der Waals surface area contributed by atoms with Gasteiger partial charge in [-0.05, 0) is 39.5 Å². The van der Waals surface area contributed by atoms with E-state index in [1.165, 1.54) is 37.7 Å². The Bertz CT molecular complexity index is 120. The maximum Gasteiger partial charge on any atom is -0.0316 e. The summed E-state index contributed by atoms with van der Waals surface area (Å²) >= 11 is 0. The van der Waals surface area contributed by atoms with Gasteiger partial charge in [0.2, 0.25) is 0 Å². The summed E-state index contributed by atoms with van der Waals surface area (Å²) in [6.45, 7) is 9.60. The van der Waals surface area contributed by atoms with Crippen molar-refractivity contribution < 1.29 is 0 Å². The lowest BCUT2D eigenvalue weighted by Gasteiger charge is -1.97. The third kappa shape index (κ3) is 9.48. The highest BCUT2D eigenvalue weighted by Gasteiger charge is 1.87. The van der Waals surface area contributed by atoms with Crippen LogP contribution in [0.15, 0.2) is 24.3 Å². The van der Waals surface area contributed by atoms with Crippen LogP contribution in [-0.4, -0.2) is 0 Å². The van der Waals surface area contributed by atoms with Crippen LogP contribution in [0.2, 0.25) is 0 Å². The molecule has 63 valence electrons. The van der Waals surface area contributed by atoms with Crippen molar-refractivity contribution in [2.45, 2.75) is 39.0 Å². The van der Waals surface area contributed by atoms with Crippen LogP contribution >= 0.6 is 0 Å². The topological polar surface area (TPSA) is 0 Å². The van der Waals surface area contributed by atoms with Crippen LogP contribution in [-0.2, 0) is 0 Å². The summed E-state index contributed by atoms with van der Waals surface area (Å²) in [5, 5.41) is 0. The highest BCUT2D eigenvalue weighted by Crippen LogP contribution is 2.07.